The van der Waals surface area contributed by atoms with Gasteiger partial charge in [0, 0.05) is 26.2 Å². The van der Waals surface area contributed by atoms with Gasteiger partial charge in [-0.3, -0.25) is 9.69 Å². The van der Waals surface area contributed by atoms with Gasteiger partial charge in [0.15, 0.2) is 0 Å². The highest BCUT2D eigenvalue weighted by atomic mass is 35.5. The van der Waals surface area contributed by atoms with Crippen molar-refractivity contribution in [1.29, 1.82) is 0 Å². The van der Waals surface area contributed by atoms with E-state index in [1.54, 1.807) is 23.5 Å². The van der Waals surface area contributed by atoms with E-state index in [-0.39, 0.29) is 5.91 Å². The number of hydrogen-bond acceptors (Lipinski definition) is 6. The average Bonchev–Trinajstić information content (AvgIpc) is 3.34. The molecular weight excluding hydrogens is 372 g/mol. The number of piperazine rings is 1. The molecule has 0 N–H and O–H groups in total. The summed E-state index contributed by atoms with van der Waals surface area (Å²) in [6.45, 7) is 3.40. The van der Waals surface area contributed by atoms with Gasteiger partial charge in [0.25, 0.3) is 5.91 Å². The summed E-state index contributed by atoms with van der Waals surface area (Å²) in [5.41, 5.74) is 0.556. The molecule has 1 amide bonds. The second-order valence-corrected chi connectivity index (χ2v) is 7.39. The maximum absolute atomic E-state index is 12.6. The van der Waals surface area contributed by atoms with Gasteiger partial charge >= 0.3 is 0 Å². The largest absolute Gasteiger partial charge is 0.338 e. The van der Waals surface area contributed by atoms with Crippen LogP contribution in [0.5, 0.6) is 0 Å². The Kier molecular flexibility index (Phi) is 5.01. The molecule has 0 bridgehead atoms. The molecule has 0 aliphatic carbocycles. The Morgan fingerprint density at radius 1 is 1.15 bits per heavy atom. The number of aromatic nitrogens is 2. The van der Waals surface area contributed by atoms with Crippen molar-refractivity contribution in [2.75, 3.05) is 26.2 Å². The molecule has 0 atom stereocenters. The van der Waals surface area contributed by atoms with Crippen molar-refractivity contribution >= 4 is 28.8 Å². The van der Waals surface area contributed by atoms with Gasteiger partial charge in [-0.05, 0) is 23.6 Å². The van der Waals surface area contributed by atoms with Crippen LogP contribution < -0.4 is 0 Å². The third-order valence-electron chi connectivity index (χ3n) is 4.33. The van der Waals surface area contributed by atoms with Crippen molar-refractivity contribution in [2.45, 2.75) is 6.54 Å². The van der Waals surface area contributed by atoms with E-state index in [1.807, 2.05) is 34.5 Å². The number of benzene rings is 1. The summed E-state index contributed by atoms with van der Waals surface area (Å²) in [6, 6.07) is 11.1. The summed E-state index contributed by atoms with van der Waals surface area (Å²) >= 11 is 7.72. The van der Waals surface area contributed by atoms with Crippen molar-refractivity contribution < 1.29 is 9.32 Å². The first kappa shape index (κ1) is 17.2. The van der Waals surface area contributed by atoms with Crippen molar-refractivity contribution in [1.82, 2.24) is 19.9 Å². The van der Waals surface area contributed by atoms with Crippen molar-refractivity contribution in [2.24, 2.45) is 0 Å². The maximum atomic E-state index is 12.6. The van der Waals surface area contributed by atoms with E-state index < -0.39 is 0 Å². The SMILES string of the molecule is O=C(c1ccccc1Cl)N1CCN(Cc2nc(-c3cccs3)no2)CC1. The van der Waals surface area contributed by atoms with Crippen LogP contribution in [0.15, 0.2) is 46.3 Å². The Labute approximate surface area is 160 Å². The van der Waals surface area contributed by atoms with Gasteiger partial charge in [0.1, 0.15) is 0 Å². The number of thiophene rings is 1. The minimum Gasteiger partial charge on any atom is -0.338 e. The first-order valence-corrected chi connectivity index (χ1v) is 9.59. The van der Waals surface area contributed by atoms with Crippen LogP contribution in [0.4, 0.5) is 0 Å². The number of hydrogen-bond donors (Lipinski definition) is 0. The maximum Gasteiger partial charge on any atom is 0.255 e. The fourth-order valence-electron chi connectivity index (χ4n) is 2.93. The molecular formula is C18H17ClN4O2S. The lowest BCUT2D eigenvalue weighted by molar-refractivity contribution is 0.0615. The quantitative estimate of drug-likeness (QED) is 0.685. The Hall–Kier alpha value is -2.22. The van der Waals surface area contributed by atoms with E-state index in [4.69, 9.17) is 16.1 Å². The molecule has 1 fully saturated rings. The smallest absolute Gasteiger partial charge is 0.255 e. The van der Waals surface area contributed by atoms with E-state index in [0.717, 1.165) is 18.0 Å². The van der Waals surface area contributed by atoms with Gasteiger partial charge in [-0.2, -0.15) is 4.98 Å². The molecule has 0 unspecified atom stereocenters. The zero-order chi connectivity index (χ0) is 17.9. The number of nitrogens with zero attached hydrogens (tertiary/aromatic N) is 4. The molecule has 26 heavy (non-hydrogen) atoms. The Morgan fingerprint density at radius 3 is 2.69 bits per heavy atom. The third-order valence-corrected chi connectivity index (χ3v) is 5.53. The first-order valence-electron chi connectivity index (χ1n) is 8.33. The second-order valence-electron chi connectivity index (χ2n) is 6.04. The third kappa shape index (κ3) is 3.65. The molecule has 2 aromatic heterocycles. The number of carbonyl (C=O) groups is 1. The highest BCUT2D eigenvalue weighted by Crippen LogP contribution is 2.22. The average molecular weight is 389 g/mol. The predicted octanol–water partition coefficient (Wildman–Crippen LogP) is 3.41. The molecule has 0 saturated carbocycles. The van der Waals surface area contributed by atoms with E-state index in [9.17, 15) is 4.79 Å². The van der Waals surface area contributed by atoms with Crippen molar-refractivity contribution in [3.63, 3.8) is 0 Å². The minimum absolute atomic E-state index is 0.0204. The molecule has 1 saturated heterocycles. The number of carbonyl (C=O) groups excluding carboxylic acids is 1. The van der Waals surface area contributed by atoms with Gasteiger partial charge < -0.3 is 9.42 Å². The fourth-order valence-corrected chi connectivity index (χ4v) is 3.80. The number of halogens is 1. The molecule has 0 spiro atoms. The molecule has 3 aromatic rings. The Balaban J connectivity index is 1.34. The summed E-state index contributed by atoms with van der Waals surface area (Å²) in [7, 11) is 0. The molecule has 134 valence electrons. The Morgan fingerprint density at radius 2 is 1.96 bits per heavy atom. The highest BCUT2D eigenvalue weighted by molar-refractivity contribution is 7.13. The van der Waals surface area contributed by atoms with Crippen LogP contribution in [0.1, 0.15) is 16.2 Å². The first-order chi connectivity index (χ1) is 12.7. The standard InChI is InChI=1S/C18H17ClN4O2S/c19-14-5-2-1-4-13(14)18(24)23-9-7-22(8-10-23)12-16-20-17(21-25-16)15-6-3-11-26-15/h1-6,11H,7-10,12H2. The molecule has 1 aliphatic heterocycles. The summed E-state index contributed by atoms with van der Waals surface area (Å²) in [4.78, 5) is 22.1. The normalized spacial score (nSPS) is 15.3. The zero-order valence-electron chi connectivity index (χ0n) is 14.0. The topological polar surface area (TPSA) is 62.5 Å². The van der Waals surface area contributed by atoms with Crippen LogP contribution in [-0.4, -0.2) is 52.0 Å². The van der Waals surface area contributed by atoms with E-state index in [2.05, 4.69) is 15.0 Å². The molecule has 3 heterocycles. The van der Waals surface area contributed by atoms with Gasteiger partial charge in [-0.15, -0.1) is 11.3 Å². The molecule has 1 aliphatic rings. The van der Waals surface area contributed by atoms with Gasteiger partial charge in [0.2, 0.25) is 11.7 Å². The second kappa shape index (κ2) is 7.57. The summed E-state index contributed by atoms with van der Waals surface area (Å²) in [5.74, 6) is 1.20. The lowest BCUT2D eigenvalue weighted by Crippen LogP contribution is -2.48. The van der Waals surface area contributed by atoms with Crippen molar-refractivity contribution in [3.05, 3.63) is 58.3 Å². The summed E-state index contributed by atoms with van der Waals surface area (Å²) in [6.07, 6.45) is 0. The van der Waals surface area contributed by atoms with Crippen LogP contribution in [0, 0.1) is 0 Å². The highest BCUT2D eigenvalue weighted by Gasteiger charge is 2.24. The van der Waals surface area contributed by atoms with E-state index in [1.165, 1.54) is 0 Å². The van der Waals surface area contributed by atoms with Crippen LogP contribution >= 0.6 is 22.9 Å². The molecule has 1 aromatic carbocycles. The van der Waals surface area contributed by atoms with Gasteiger partial charge in [-0.1, -0.05) is 35.0 Å². The van der Waals surface area contributed by atoms with Crippen LogP contribution in [0.2, 0.25) is 5.02 Å². The minimum atomic E-state index is -0.0204. The lowest BCUT2D eigenvalue weighted by atomic mass is 10.2. The van der Waals surface area contributed by atoms with E-state index >= 15 is 0 Å². The predicted molar refractivity (Wildman–Crippen MR) is 100 cm³/mol. The van der Waals surface area contributed by atoms with Gasteiger partial charge in [0.05, 0.1) is 22.0 Å². The van der Waals surface area contributed by atoms with Crippen molar-refractivity contribution in [3.8, 4) is 10.7 Å². The van der Waals surface area contributed by atoms with E-state index in [0.29, 0.717) is 41.9 Å². The van der Waals surface area contributed by atoms with Crippen LogP contribution in [-0.2, 0) is 6.54 Å². The zero-order valence-corrected chi connectivity index (χ0v) is 15.5. The van der Waals surface area contributed by atoms with Crippen LogP contribution in [0.25, 0.3) is 10.7 Å². The number of rotatable bonds is 4. The Bertz CT molecular complexity index is 888. The summed E-state index contributed by atoms with van der Waals surface area (Å²) in [5, 5.41) is 6.51. The van der Waals surface area contributed by atoms with Gasteiger partial charge in [-0.25, -0.2) is 0 Å². The fraction of sp³-hybridized carbons (Fsp3) is 0.278. The molecule has 4 rings (SSSR count). The lowest BCUT2D eigenvalue weighted by Gasteiger charge is -2.34. The molecule has 0 radical (unpaired) electrons. The summed E-state index contributed by atoms with van der Waals surface area (Å²) < 4.78 is 5.36. The molecule has 6 nitrogen and oxygen atoms in total. The number of amides is 1. The monoisotopic (exact) mass is 388 g/mol. The molecule has 8 heteroatoms. The van der Waals surface area contributed by atoms with Crippen LogP contribution in [0.3, 0.4) is 0 Å².